The summed E-state index contributed by atoms with van der Waals surface area (Å²) in [7, 11) is 3.70. The molecule has 2 aromatic rings. The van der Waals surface area contributed by atoms with Gasteiger partial charge in [0.25, 0.3) is 0 Å². The molecule has 0 radical (unpaired) electrons. The van der Waals surface area contributed by atoms with Crippen LogP contribution in [-0.4, -0.2) is 45.3 Å². The van der Waals surface area contributed by atoms with Crippen molar-refractivity contribution in [3.63, 3.8) is 0 Å². The number of carbonyl (C=O) groups excluding carboxylic acids is 3. The van der Waals surface area contributed by atoms with Crippen LogP contribution in [0.3, 0.4) is 0 Å². The Morgan fingerprint density at radius 3 is 2.00 bits per heavy atom. The van der Waals surface area contributed by atoms with Crippen molar-refractivity contribution >= 4 is 28.7 Å². The van der Waals surface area contributed by atoms with Gasteiger partial charge in [0.2, 0.25) is 0 Å². The van der Waals surface area contributed by atoms with Crippen LogP contribution < -0.4 is 5.32 Å². The van der Waals surface area contributed by atoms with Gasteiger partial charge in [-0.2, -0.15) is 0 Å². The third-order valence-corrected chi connectivity index (χ3v) is 5.00. The maximum atomic E-state index is 12.5. The van der Waals surface area contributed by atoms with Crippen molar-refractivity contribution in [1.82, 2.24) is 5.32 Å². The van der Waals surface area contributed by atoms with Gasteiger partial charge in [-0.1, -0.05) is 36.4 Å². The Balaban J connectivity index is 2.09. The van der Waals surface area contributed by atoms with E-state index in [4.69, 9.17) is 14.2 Å². The van der Waals surface area contributed by atoms with E-state index >= 15 is 0 Å². The lowest BCUT2D eigenvalue weighted by Gasteiger charge is -2.21. The molecule has 2 aromatic carbocycles. The van der Waals surface area contributed by atoms with Crippen LogP contribution in [0.5, 0.6) is 0 Å². The van der Waals surface area contributed by atoms with Crippen molar-refractivity contribution in [3.05, 3.63) is 48.0 Å². The lowest BCUT2D eigenvalue weighted by atomic mass is 9.84. The van der Waals surface area contributed by atoms with Crippen molar-refractivity contribution in [2.75, 3.05) is 21.3 Å². The van der Waals surface area contributed by atoms with E-state index in [9.17, 15) is 14.4 Å². The Bertz CT molecular complexity index is 880. The number of carbonyl (C=O) groups is 3. The van der Waals surface area contributed by atoms with Gasteiger partial charge in [0.15, 0.2) is 0 Å². The predicted octanol–water partition coefficient (Wildman–Crippen LogP) is 1.60. The van der Waals surface area contributed by atoms with Gasteiger partial charge >= 0.3 is 17.9 Å². The highest BCUT2D eigenvalue weighted by Gasteiger charge is 2.55. The fourth-order valence-corrected chi connectivity index (χ4v) is 3.70. The minimum Gasteiger partial charge on any atom is -0.469 e. The lowest BCUT2D eigenvalue weighted by Crippen LogP contribution is -2.42. The first-order valence-electron chi connectivity index (χ1n) is 8.50. The quantitative estimate of drug-likeness (QED) is 0.645. The van der Waals surface area contributed by atoms with Gasteiger partial charge in [-0.15, -0.1) is 0 Å². The number of fused-ring (bicyclic) bond motifs is 1. The van der Waals surface area contributed by atoms with Gasteiger partial charge in [-0.05, 0) is 22.4 Å². The van der Waals surface area contributed by atoms with Crippen molar-refractivity contribution in [3.8, 4) is 0 Å². The van der Waals surface area contributed by atoms with Crippen molar-refractivity contribution in [1.29, 1.82) is 0 Å². The van der Waals surface area contributed by atoms with E-state index in [1.54, 1.807) is 0 Å². The third-order valence-electron chi connectivity index (χ3n) is 5.00. The zero-order valence-corrected chi connectivity index (χ0v) is 15.3. The number of ether oxygens (including phenoxy) is 3. The molecule has 3 rings (SSSR count). The summed E-state index contributed by atoms with van der Waals surface area (Å²) < 4.78 is 14.6. The van der Waals surface area contributed by atoms with E-state index in [-0.39, 0.29) is 0 Å². The highest BCUT2D eigenvalue weighted by atomic mass is 16.5. The number of methoxy groups -OCH3 is 3. The van der Waals surface area contributed by atoms with Crippen molar-refractivity contribution < 1.29 is 28.6 Å². The molecule has 0 unspecified atom stereocenters. The molecule has 27 heavy (non-hydrogen) atoms. The van der Waals surface area contributed by atoms with Crippen molar-refractivity contribution in [2.24, 2.45) is 11.8 Å². The molecule has 0 aliphatic carbocycles. The van der Waals surface area contributed by atoms with E-state index < -0.39 is 41.8 Å². The van der Waals surface area contributed by atoms with Crippen LogP contribution in [0.1, 0.15) is 11.6 Å². The standard InChI is InChI=1S/C20H21NO6/c1-25-18(22)14-15(19(23)26-2)17(20(24)27-3)21-16(14)13-9-8-11-6-4-5-7-12(11)10-13/h4-10,14-17,21H,1-3H3/t14-,15+,16+,17+/m0/s1. The molecule has 1 saturated heterocycles. The molecule has 1 N–H and O–H groups in total. The molecule has 142 valence electrons. The van der Waals surface area contributed by atoms with Gasteiger partial charge < -0.3 is 14.2 Å². The average molecular weight is 371 g/mol. The maximum absolute atomic E-state index is 12.5. The van der Waals surface area contributed by atoms with Gasteiger partial charge in [-0.25, -0.2) is 0 Å². The Morgan fingerprint density at radius 1 is 0.778 bits per heavy atom. The summed E-state index contributed by atoms with van der Waals surface area (Å²) in [6.07, 6.45) is 0. The van der Waals surface area contributed by atoms with Gasteiger partial charge in [0.1, 0.15) is 6.04 Å². The van der Waals surface area contributed by atoms with E-state index in [1.807, 2.05) is 42.5 Å². The summed E-state index contributed by atoms with van der Waals surface area (Å²) in [5.41, 5.74) is 0.768. The molecule has 1 aliphatic rings. The van der Waals surface area contributed by atoms with Gasteiger partial charge in [-0.3, -0.25) is 19.7 Å². The fraction of sp³-hybridized carbons (Fsp3) is 0.350. The third kappa shape index (κ3) is 3.38. The first kappa shape index (κ1) is 18.8. The predicted molar refractivity (Wildman–Crippen MR) is 96.6 cm³/mol. The fourth-order valence-electron chi connectivity index (χ4n) is 3.70. The van der Waals surface area contributed by atoms with E-state index in [0.717, 1.165) is 16.3 Å². The monoisotopic (exact) mass is 371 g/mol. The average Bonchev–Trinajstić information content (AvgIpc) is 3.12. The van der Waals surface area contributed by atoms with Crippen molar-refractivity contribution in [2.45, 2.75) is 12.1 Å². The molecule has 1 heterocycles. The maximum Gasteiger partial charge on any atom is 0.323 e. The molecule has 0 aromatic heterocycles. The first-order chi connectivity index (χ1) is 13.0. The summed E-state index contributed by atoms with van der Waals surface area (Å²) in [5, 5.41) is 5.10. The van der Waals surface area contributed by atoms with Crippen LogP contribution in [-0.2, 0) is 28.6 Å². The second-order valence-corrected chi connectivity index (χ2v) is 6.35. The second kappa shape index (κ2) is 7.75. The number of esters is 3. The molecule has 0 amide bonds. The number of hydrogen-bond donors (Lipinski definition) is 1. The minimum atomic E-state index is -1.05. The SMILES string of the molecule is COC(=O)[C@@H]1[C@H](C(=O)OC)[C@@H](c2ccc3ccccc3c2)N[C@H]1C(=O)OC. The molecule has 0 spiro atoms. The Kier molecular flexibility index (Phi) is 5.41. The second-order valence-electron chi connectivity index (χ2n) is 6.35. The zero-order valence-electron chi connectivity index (χ0n) is 15.3. The highest BCUT2D eigenvalue weighted by molar-refractivity contribution is 5.91. The van der Waals surface area contributed by atoms with Gasteiger partial charge in [0.05, 0.1) is 33.2 Å². The summed E-state index contributed by atoms with van der Waals surface area (Å²) in [6, 6.07) is 11.9. The van der Waals surface area contributed by atoms with Crippen LogP contribution in [0.2, 0.25) is 0 Å². The number of benzene rings is 2. The molecular weight excluding hydrogens is 350 g/mol. The number of rotatable bonds is 4. The number of nitrogens with one attached hydrogen (secondary N) is 1. The largest absolute Gasteiger partial charge is 0.469 e. The molecule has 4 atom stereocenters. The summed E-state index contributed by atoms with van der Waals surface area (Å²) in [5.74, 6) is -3.87. The summed E-state index contributed by atoms with van der Waals surface area (Å²) in [4.78, 5) is 37.2. The van der Waals surface area contributed by atoms with Crippen LogP contribution in [0.4, 0.5) is 0 Å². The van der Waals surface area contributed by atoms with E-state index in [0.29, 0.717) is 0 Å². The molecule has 7 heteroatoms. The molecule has 7 nitrogen and oxygen atoms in total. The molecule has 0 bridgehead atoms. The smallest absolute Gasteiger partial charge is 0.323 e. The number of hydrogen-bond acceptors (Lipinski definition) is 7. The van der Waals surface area contributed by atoms with E-state index in [2.05, 4.69) is 5.32 Å². The zero-order chi connectivity index (χ0) is 19.6. The van der Waals surface area contributed by atoms with Gasteiger partial charge in [0, 0.05) is 6.04 Å². The van der Waals surface area contributed by atoms with Crippen LogP contribution in [0.25, 0.3) is 10.8 Å². The van der Waals surface area contributed by atoms with Crippen LogP contribution in [0.15, 0.2) is 42.5 Å². The molecular formula is C20H21NO6. The summed E-state index contributed by atoms with van der Waals surface area (Å²) >= 11 is 0. The lowest BCUT2D eigenvalue weighted by molar-refractivity contribution is -0.159. The topological polar surface area (TPSA) is 90.9 Å². The normalized spacial score (nSPS) is 24.4. The molecule has 1 fully saturated rings. The summed E-state index contributed by atoms with van der Waals surface area (Å²) in [6.45, 7) is 0. The molecule has 0 saturated carbocycles. The van der Waals surface area contributed by atoms with E-state index in [1.165, 1.54) is 21.3 Å². The minimum absolute atomic E-state index is 0.595. The Hall–Kier alpha value is -2.93. The highest BCUT2D eigenvalue weighted by Crippen LogP contribution is 2.40. The first-order valence-corrected chi connectivity index (χ1v) is 8.50. The Morgan fingerprint density at radius 2 is 1.37 bits per heavy atom. The Labute approximate surface area is 156 Å². The van der Waals surface area contributed by atoms with Crippen LogP contribution >= 0.6 is 0 Å². The molecule has 1 aliphatic heterocycles. The van der Waals surface area contributed by atoms with Crippen LogP contribution in [0, 0.1) is 11.8 Å².